The maximum Gasteiger partial charge on any atom is 0.134 e. The number of hydrogen-bond acceptors (Lipinski definition) is 4. The summed E-state index contributed by atoms with van der Waals surface area (Å²) in [6, 6.07) is 5.53. The summed E-state index contributed by atoms with van der Waals surface area (Å²) in [7, 11) is 0. The van der Waals surface area contributed by atoms with Gasteiger partial charge in [0.25, 0.3) is 0 Å². The summed E-state index contributed by atoms with van der Waals surface area (Å²) in [5.41, 5.74) is 1.40. The van der Waals surface area contributed by atoms with Gasteiger partial charge in [-0.05, 0) is 18.6 Å². The Labute approximate surface area is 88.1 Å². The van der Waals surface area contributed by atoms with Gasteiger partial charge >= 0.3 is 0 Å². The number of hydrogen-bond donors (Lipinski definition) is 1. The third-order valence-corrected chi connectivity index (χ3v) is 2.22. The quantitative estimate of drug-likeness (QED) is 0.609. The van der Waals surface area contributed by atoms with Gasteiger partial charge in [-0.1, -0.05) is 12.1 Å². The monoisotopic (exact) mass is 207 g/mol. The van der Waals surface area contributed by atoms with Crippen LogP contribution in [-0.4, -0.2) is 24.1 Å². The van der Waals surface area contributed by atoms with Crippen molar-refractivity contribution in [3.8, 4) is 11.5 Å². The molecule has 1 aromatic rings. The minimum Gasteiger partial charge on any atom is -0.493 e. The zero-order chi connectivity index (χ0) is 10.7. The van der Waals surface area contributed by atoms with Gasteiger partial charge in [0.1, 0.15) is 23.8 Å². The third kappa shape index (κ3) is 1.88. The number of fused-ring (bicyclic) bond motifs is 1. The molecule has 0 spiro atoms. The van der Waals surface area contributed by atoms with E-state index in [4.69, 9.17) is 14.7 Å². The molecular weight excluding hydrogens is 194 g/mol. The Bertz CT molecular complexity index is 387. The normalized spacial score (nSPS) is 16.2. The van der Waals surface area contributed by atoms with Crippen molar-refractivity contribution in [2.45, 2.75) is 13.3 Å². The molecular formula is C11H13NO3. The van der Waals surface area contributed by atoms with Crippen molar-refractivity contribution < 1.29 is 14.7 Å². The molecule has 0 bridgehead atoms. The van der Waals surface area contributed by atoms with Crippen molar-refractivity contribution in [1.29, 1.82) is 0 Å². The van der Waals surface area contributed by atoms with Crippen LogP contribution in [0, 0.1) is 0 Å². The number of rotatable bonds is 3. The number of nitrogens with zero attached hydrogens (tertiary/aromatic N) is 1. The summed E-state index contributed by atoms with van der Waals surface area (Å²) >= 11 is 0. The van der Waals surface area contributed by atoms with Gasteiger partial charge < -0.3 is 14.7 Å². The van der Waals surface area contributed by atoms with Crippen LogP contribution in [0.3, 0.4) is 0 Å². The molecule has 1 heterocycles. The first-order chi connectivity index (χ1) is 7.35. The average Bonchev–Trinajstić information content (AvgIpc) is 2.68. The Balaban J connectivity index is 2.21. The second-order valence-electron chi connectivity index (χ2n) is 3.34. The zero-order valence-corrected chi connectivity index (χ0v) is 8.56. The highest BCUT2D eigenvalue weighted by atomic mass is 16.5. The highest BCUT2D eigenvalue weighted by Gasteiger charge is 2.20. The molecule has 0 aliphatic carbocycles. The van der Waals surface area contributed by atoms with E-state index in [-0.39, 0.29) is 0 Å². The molecule has 4 nitrogen and oxygen atoms in total. The number of ether oxygens (including phenoxy) is 2. The molecule has 0 atom stereocenters. The summed E-state index contributed by atoms with van der Waals surface area (Å²) in [6.45, 7) is 3.07. The molecule has 0 radical (unpaired) electrons. The van der Waals surface area contributed by atoms with Crippen LogP contribution < -0.4 is 9.47 Å². The maximum absolute atomic E-state index is 8.70. The van der Waals surface area contributed by atoms with Crippen LogP contribution in [-0.2, 0) is 0 Å². The topological polar surface area (TPSA) is 51.0 Å². The summed E-state index contributed by atoms with van der Waals surface area (Å²) in [5, 5.41) is 11.9. The highest BCUT2D eigenvalue weighted by molar-refractivity contribution is 6.05. The van der Waals surface area contributed by atoms with Crippen LogP contribution in [0.15, 0.2) is 23.4 Å². The van der Waals surface area contributed by atoms with Crippen LogP contribution in [0.1, 0.15) is 18.9 Å². The fraction of sp³-hybridized carbons (Fsp3) is 0.364. The SMILES string of the molecule is CCCOc1ccc2c(c1)OCC2=NO. The van der Waals surface area contributed by atoms with Crippen molar-refractivity contribution in [1.82, 2.24) is 0 Å². The summed E-state index contributed by atoms with van der Waals surface area (Å²) in [5.74, 6) is 1.51. The van der Waals surface area contributed by atoms with E-state index in [9.17, 15) is 0 Å². The van der Waals surface area contributed by atoms with E-state index in [1.54, 1.807) is 0 Å². The van der Waals surface area contributed by atoms with Crippen LogP contribution in [0.5, 0.6) is 11.5 Å². The van der Waals surface area contributed by atoms with E-state index in [1.807, 2.05) is 18.2 Å². The van der Waals surface area contributed by atoms with Gasteiger partial charge in [-0.15, -0.1) is 0 Å². The molecule has 0 saturated carbocycles. The van der Waals surface area contributed by atoms with Crippen LogP contribution in [0.25, 0.3) is 0 Å². The van der Waals surface area contributed by atoms with Crippen molar-refractivity contribution in [3.63, 3.8) is 0 Å². The van der Waals surface area contributed by atoms with Gasteiger partial charge in [-0.25, -0.2) is 0 Å². The van der Waals surface area contributed by atoms with Crippen LogP contribution in [0.2, 0.25) is 0 Å². The minimum absolute atomic E-state index is 0.322. The van der Waals surface area contributed by atoms with E-state index in [1.165, 1.54) is 0 Å². The van der Waals surface area contributed by atoms with Crippen molar-refractivity contribution in [2.24, 2.45) is 5.16 Å². The Kier molecular flexibility index (Phi) is 2.76. The predicted molar refractivity (Wildman–Crippen MR) is 56.0 cm³/mol. The Morgan fingerprint density at radius 2 is 2.40 bits per heavy atom. The fourth-order valence-corrected chi connectivity index (χ4v) is 1.48. The molecule has 1 aliphatic heterocycles. The molecule has 4 heteroatoms. The lowest BCUT2D eigenvalue weighted by atomic mass is 10.1. The highest BCUT2D eigenvalue weighted by Crippen LogP contribution is 2.29. The lowest BCUT2D eigenvalue weighted by Gasteiger charge is -2.05. The molecule has 1 aromatic carbocycles. The van der Waals surface area contributed by atoms with Gasteiger partial charge in [-0.2, -0.15) is 0 Å². The van der Waals surface area contributed by atoms with E-state index in [0.29, 0.717) is 18.9 Å². The van der Waals surface area contributed by atoms with Gasteiger partial charge in [-0.3, -0.25) is 0 Å². The fourth-order valence-electron chi connectivity index (χ4n) is 1.48. The second-order valence-corrected chi connectivity index (χ2v) is 3.34. The molecule has 80 valence electrons. The van der Waals surface area contributed by atoms with E-state index in [2.05, 4.69) is 12.1 Å². The molecule has 0 unspecified atom stereocenters. The zero-order valence-electron chi connectivity index (χ0n) is 8.56. The summed E-state index contributed by atoms with van der Waals surface area (Å²) in [4.78, 5) is 0. The largest absolute Gasteiger partial charge is 0.493 e. The molecule has 0 amide bonds. The van der Waals surface area contributed by atoms with E-state index in [0.717, 1.165) is 23.5 Å². The molecule has 2 rings (SSSR count). The van der Waals surface area contributed by atoms with E-state index >= 15 is 0 Å². The number of oxime groups is 1. The maximum atomic E-state index is 8.70. The van der Waals surface area contributed by atoms with Crippen LogP contribution >= 0.6 is 0 Å². The van der Waals surface area contributed by atoms with Gasteiger partial charge in [0, 0.05) is 11.6 Å². The first-order valence-electron chi connectivity index (χ1n) is 4.96. The molecule has 1 N–H and O–H groups in total. The molecule has 15 heavy (non-hydrogen) atoms. The van der Waals surface area contributed by atoms with Crippen molar-refractivity contribution in [2.75, 3.05) is 13.2 Å². The van der Waals surface area contributed by atoms with Gasteiger partial charge in [0.2, 0.25) is 0 Å². The molecule has 0 saturated heterocycles. The Morgan fingerprint density at radius 1 is 1.53 bits per heavy atom. The lowest BCUT2D eigenvalue weighted by Crippen LogP contribution is -2.01. The van der Waals surface area contributed by atoms with Crippen molar-refractivity contribution >= 4 is 5.71 Å². The molecule has 0 aromatic heterocycles. The molecule has 1 aliphatic rings. The second kappa shape index (κ2) is 4.21. The first-order valence-corrected chi connectivity index (χ1v) is 4.96. The summed E-state index contributed by atoms with van der Waals surface area (Å²) < 4.78 is 10.8. The van der Waals surface area contributed by atoms with Gasteiger partial charge in [0.15, 0.2) is 0 Å². The van der Waals surface area contributed by atoms with Gasteiger partial charge in [0.05, 0.1) is 6.61 Å². The smallest absolute Gasteiger partial charge is 0.134 e. The van der Waals surface area contributed by atoms with E-state index < -0.39 is 0 Å². The third-order valence-electron chi connectivity index (χ3n) is 2.22. The predicted octanol–water partition coefficient (Wildman–Crippen LogP) is 2.05. The van der Waals surface area contributed by atoms with Crippen molar-refractivity contribution in [3.05, 3.63) is 23.8 Å². The first kappa shape index (κ1) is 9.83. The Hall–Kier alpha value is -1.71. The van der Waals surface area contributed by atoms with Crippen LogP contribution in [0.4, 0.5) is 0 Å². The number of benzene rings is 1. The standard InChI is InChI=1S/C11H13NO3/c1-2-5-14-8-3-4-9-10(12-13)7-15-11(9)6-8/h3-4,6,13H,2,5,7H2,1H3. The summed E-state index contributed by atoms with van der Waals surface area (Å²) in [6.07, 6.45) is 0.974. The Morgan fingerprint density at radius 3 is 3.13 bits per heavy atom. The lowest BCUT2D eigenvalue weighted by molar-refractivity contribution is 0.310. The molecule has 0 fully saturated rings. The minimum atomic E-state index is 0.322. The average molecular weight is 207 g/mol.